The van der Waals surface area contributed by atoms with E-state index in [1.165, 1.54) is 47.9 Å². The van der Waals surface area contributed by atoms with Crippen LogP contribution in [0.3, 0.4) is 0 Å². The van der Waals surface area contributed by atoms with Crippen molar-refractivity contribution in [2.45, 2.75) is 77.5 Å². The van der Waals surface area contributed by atoms with Crippen LogP contribution >= 0.6 is 24.8 Å². The van der Waals surface area contributed by atoms with E-state index in [0.29, 0.717) is 18.0 Å². The summed E-state index contributed by atoms with van der Waals surface area (Å²) in [5.74, 6) is 0.602. The highest BCUT2D eigenvalue weighted by atomic mass is 35.5. The number of aryl methyl sites for hydroxylation is 1. The van der Waals surface area contributed by atoms with Crippen LogP contribution in [0, 0.1) is 6.92 Å². The molecule has 156 valence electrons. The van der Waals surface area contributed by atoms with Gasteiger partial charge in [-0.3, -0.25) is 0 Å². The Morgan fingerprint density at radius 2 is 1.39 bits per heavy atom. The molecule has 1 aliphatic carbocycles. The smallest absolute Gasteiger partial charge is 0.0224 e. The fourth-order valence-corrected chi connectivity index (χ4v) is 3.96. The number of hydrogen-bond donors (Lipinski definition) is 2. The Hall–Kier alpha value is -1.06. The Labute approximate surface area is 183 Å². The molecule has 0 heterocycles. The summed E-state index contributed by atoms with van der Waals surface area (Å²) >= 11 is 0. The molecule has 2 aromatic rings. The van der Waals surface area contributed by atoms with Gasteiger partial charge in [-0.15, -0.1) is 24.8 Å². The van der Waals surface area contributed by atoms with Gasteiger partial charge in [0.1, 0.15) is 0 Å². The Morgan fingerprint density at radius 3 is 1.93 bits per heavy atom. The Bertz CT molecular complexity index is 685. The highest BCUT2D eigenvalue weighted by Gasteiger charge is 2.24. The number of benzene rings is 2. The van der Waals surface area contributed by atoms with E-state index < -0.39 is 0 Å². The Balaban J connectivity index is 0.00000196. The van der Waals surface area contributed by atoms with E-state index in [4.69, 9.17) is 0 Å². The topological polar surface area (TPSA) is 24.1 Å². The molecule has 2 unspecified atom stereocenters. The van der Waals surface area contributed by atoms with Gasteiger partial charge in [0.2, 0.25) is 0 Å². The Kier molecular flexibility index (Phi) is 11.1. The average Bonchev–Trinajstić information content (AvgIpc) is 2.66. The first-order chi connectivity index (χ1) is 12.6. The molecule has 4 heteroatoms. The maximum atomic E-state index is 3.82. The Morgan fingerprint density at radius 1 is 0.821 bits per heavy atom. The molecule has 0 saturated heterocycles. The van der Waals surface area contributed by atoms with Crippen LogP contribution in [0.25, 0.3) is 0 Å². The van der Waals surface area contributed by atoms with Crippen molar-refractivity contribution in [2.24, 2.45) is 0 Å². The van der Waals surface area contributed by atoms with Crippen molar-refractivity contribution in [2.75, 3.05) is 0 Å². The molecule has 0 bridgehead atoms. The summed E-state index contributed by atoms with van der Waals surface area (Å²) in [7, 11) is 0. The monoisotopic (exact) mass is 422 g/mol. The molecule has 0 radical (unpaired) electrons. The molecule has 28 heavy (non-hydrogen) atoms. The van der Waals surface area contributed by atoms with Gasteiger partial charge in [-0.25, -0.2) is 0 Å². The first-order valence-corrected chi connectivity index (χ1v) is 10.2. The number of halogens is 2. The predicted octanol–water partition coefficient (Wildman–Crippen LogP) is 6.15. The third-order valence-corrected chi connectivity index (χ3v) is 5.63. The molecule has 2 aromatic carbocycles. The molecule has 3 rings (SSSR count). The zero-order valence-corrected chi connectivity index (χ0v) is 19.0. The van der Waals surface area contributed by atoms with Crippen molar-refractivity contribution in [3.63, 3.8) is 0 Å². The zero-order chi connectivity index (χ0) is 18.4. The van der Waals surface area contributed by atoms with Crippen molar-refractivity contribution in [3.05, 3.63) is 70.8 Å². The van der Waals surface area contributed by atoms with E-state index in [0.717, 1.165) is 13.1 Å². The minimum Gasteiger partial charge on any atom is -0.308 e. The summed E-state index contributed by atoms with van der Waals surface area (Å²) in [6.45, 7) is 8.60. The molecule has 0 aromatic heterocycles. The maximum absolute atomic E-state index is 3.82. The second-order valence-corrected chi connectivity index (χ2v) is 8.14. The summed E-state index contributed by atoms with van der Waals surface area (Å²) in [6.07, 6.45) is 5.23. The van der Waals surface area contributed by atoms with Crippen LogP contribution in [0.1, 0.15) is 67.7 Å². The summed E-state index contributed by atoms with van der Waals surface area (Å²) in [6, 6.07) is 19.1. The normalized spacial score (nSPS) is 19.0. The molecule has 0 spiro atoms. The molecule has 0 aliphatic heterocycles. The SMILES string of the molecule is Cc1cccc(CNC2CCCCC2NCc2ccc(C(C)C)cc2)c1.Cl.Cl. The largest absolute Gasteiger partial charge is 0.308 e. The van der Waals surface area contributed by atoms with Gasteiger partial charge in [-0.2, -0.15) is 0 Å². The fraction of sp³-hybridized carbons (Fsp3) is 0.500. The van der Waals surface area contributed by atoms with Gasteiger partial charge in [-0.05, 0) is 42.4 Å². The van der Waals surface area contributed by atoms with Gasteiger partial charge in [0, 0.05) is 25.2 Å². The van der Waals surface area contributed by atoms with Gasteiger partial charge >= 0.3 is 0 Å². The lowest BCUT2D eigenvalue weighted by molar-refractivity contribution is 0.281. The number of rotatable bonds is 7. The van der Waals surface area contributed by atoms with Crippen LogP contribution in [0.4, 0.5) is 0 Å². The highest BCUT2D eigenvalue weighted by molar-refractivity contribution is 5.85. The lowest BCUT2D eigenvalue weighted by Gasteiger charge is -2.33. The van der Waals surface area contributed by atoms with Crippen molar-refractivity contribution in [3.8, 4) is 0 Å². The van der Waals surface area contributed by atoms with Crippen LogP contribution in [0.2, 0.25) is 0 Å². The second kappa shape index (κ2) is 12.5. The molecular formula is C24H36Cl2N2. The number of nitrogens with one attached hydrogen (secondary N) is 2. The third kappa shape index (κ3) is 7.40. The van der Waals surface area contributed by atoms with Gasteiger partial charge < -0.3 is 10.6 Å². The van der Waals surface area contributed by atoms with Crippen molar-refractivity contribution < 1.29 is 0 Å². The molecule has 2 nitrogen and oxygen atoms in total. The average molecular weight is 423 g/mol. The van der Waals surface area contributed by atoms with E-state index >= 15 is 0 Å². The van der Waals surface area contributed by atoms with Crippen LogP contribution < -0.4 is 10.6 Å². The first kappa shape index (κ1) is 25.0. The van der Waals surface area contributed by atoms with Crippen molar-refractivity contribution in [1.82, 2.24) is 10.6 Å². The van der Waals surface area contributed by atoms with Crippen LogP contribution in [-0.4, -0.2) is 12.1 Å². The minimum absolute atomic E-state index is 0. The standard InChI is InChI=1S/C24H34N2.2ClH/c1-18(2)22-13-11-20(12-14-22)16-25-23-9-4-5-10-24(23)26-17-21-8-6-7-19(3)15-21;;/h6-8,11-15,18,23-26H,4-5,9-10,16-17H2,1-3H3;2*1H. The van der Waals surface area contributed by atoms with E-state index in [1.807, 2.05) is 0 Å². The summed E-state index contributed by atoms with van der Waals surface area (Å²) in [4.78, 5) is 0. The second-order valence-electron chi connectivity index (χ2n) is 8.14. The van der Waals surface area contributed by atoms with E-state index in [1.54, 1.807) is 0 Å². The summed E-state index contributed by atoms with van der Waals surface area (Å²) in [5, 5.41) is 7.63. The minimum atomic E-state index is 0. The van der Waals surface area contributed by atoms with Crippen LogP contribution in [0.5, 0.6) is 0 Å². The molecule has 1 saturated carbocycles. The van der Waals surface area contributed by atoms with Gasteiger partial charge in [0.25, 0.3) is 0 Å². The van der Waals surface area contributed by atoms with E-state index in [-0.39, 0.29) is 24.8 Å². The number of hydrogen-bond acceptors (Lipinski definition) is 2. The maximum Gasteiger partial charge on any atom is 0.0224 e. The quantitative estimate of drug-likeness (QED) is 0.558. The van der Waals surface area contributed by atoms with Gasteiger partial charge in [-0.1, -0.05) is 80.8 Å². The third-order valence-electron chi connectivity index (χ3n) is 5.63. The lowest BCUT2D eigenvalue weighted by atomic mass is 9.90. The fourth-order valence-electron chi connectivity index (χ4n) is 3.96. The molecule has 1 aliphatic rings. The van der Waals surface area contributed by atoms with Gasteiger partial charge in [0.15, 0.2) is 0 Å². The van der Waals surface area contributed by atoms with Crippen LogP contribution in [0.15, 0.2) is 48.5 Å². The predicted molar refractivity (Wildman–Crippen MR) is 126 cm³/mol. The molecule has 0 amide bonds. The molecular weight excluding hydrogens is 387 g/mol. The van der Waals surface area contributed by atoms with Crippen molar-refractivity contribution >= 4 is 24.8 Å². The molecule has 2 atom stereocenters. The zero-order valence-electron chi connectivity index (χ0n) is 17.4. The summed E-state index contributed by atoms with van der Waals surface area (Å²) in [5.41, 5.74) is 5.53. The first-order valence-electron chi connectivity index (χ1n) is 10.2. The van der Waals surface area contributed by atoms with E-state index in [2.05, 4.69) is 79.9 Å². The molecule has 1 fully saturated rings. The highest BCUT2D eigenvalue weighted by Crippen LogP contribution is 2.20. The van der Waals surface area contributed by atoms with Crippen molar-refractivity contribution in [1.29, 1.82) is 0 Å². The van der Waals surface area contributed by atoms with Gasteiger partial charge in [0.05, 0.1) is 0 Å². The van der Waals surface area contributed by atoms with Crippen LogP contribution in [-0.2, 0) is 13.1 Å². The molecule has 2 N–H and O–H groups in total. The van der Waals surface area contributed by atoms with E-state index in [9.17, 15) is 0 Å². The summed E-state index contributed by atoms with van der Waals surface area (Å²) < 4.78 is 0. The lowest BCUT2D eigenvalue weighted by Crippen LogP contribution is -2.49.